The number of ether oxygens (including phenoxy) is 6. The Bertz CT molecular complexity index is 2130. The number of rotatable bonds is 3. The Morgan fingerprint density at radius 3 is 2.54 bits per heavy atom. The quantitative estimate of drug-likeness (QED) is 0.226. The van der Waals surface area contributed by atoms with E-state index >= 15 is 0 Å². The number of nitrogens with one attached hydrogen (secondary N) is 1. The summed E-state index contributed by atoms with van der Waals surface area (Å²) in [5, 5.41) is 38.2. The van der Waals surface area contributed by atoms with Gasteiger partial charge in [0.05, 0.1) is 37.6 Å². The Morgan fingerprint density at radius 1 is 1.02 bits per heavy atom. The number of methoxy groups -OCH3 is 2. The zero-order chi connectivity index (χ0) is 38.0. The zero-order valence-corrected chi connectivity index (χ0v) is 31.7. The van der Waals surface area contributed by atoms with Crippen LogP contribution in [0.25, 0.3) is 0 Å². The summed E-state index contributed by atoms with van der Waals surface area (Å²) in [6, 6.07) is 3.04. The molecule has 54 heavy (non-hydrogen) atoms. The second-order valence-corrected chi connectivity index (χ2v) is 16.1. The number of phenolic OH excluding ortho intramolecular Hbond substituents is 2. The van der Waals surface area contributed by atoms with Gasteiger partial charge in [-0.05, 0) is 68.1 Å². The maximum atomic E-state index is 14.9. The lowest BCUT2D eigenvalue weighted by atomic mass is 9.74. The molecular weight excluding hydrogens is 719 g/mol. The van der Waals surface area contributed by atoms with Gasteiger partial charge in [0.2, 0.25) is 6.79 Å². The minimum Gasteiger partial charge on any atom is -0.504 e. The van der Waals surface area contributed by atoms with Crippen LogP contribution < -0.4 is 29.0 Å². The molecule has 2 fully saturated rings. The van der Waals surface area contributed by atoms with Gasteiger partial charge in [-0.1, -0.05) is 6.07 Å². The van der Waals surface area contributed by atoms with Gasteiger partial charge >= 0.3 is 11.9 Å². The number of carbonyl (C=O) groups excluding carboxylic acids is 2. The van der Waals surface area contributed by atoms with Crippen LogP contribution in [0.3, 0.4) is 0 Å². The van der Waals surface area contributed by atoms with Crippen LogP contribution in [0.4, 0.5) is 0 Å². The first-order valence-electron chi connectivity index (χ1n) is 18.1. The number of hydrogen-bond acceptors (Lipinski definition) is 15. The summed E-state index contributed by atoms with van der Waals surface area (Å²) in [6.45, 7) is 5.32. The molecule has 0 amide bonds. The normalized spacial score (nSPS) is 29.4. The molecule has 0 saturated carbocycles. The minimum absolute atomic E-state index is 0.0173. The smallest absolute Gasteiger partial charge is 0.332 e. The SMILES string of the molecule is COc1cc2c(cc1O)CCN(C)[C@]21CS[C@@H]2c3c(OC(C)=O)c(C)c4c(c3[C@@H](COC1=O)N1C2[C@@H]2N[C@H](Cc3cc(C)c(OC)c(O)c32)[C@@H]1O)OCO4. The van der Waals surface area contributed by atoms with E-state index in [1.54, 1.807) is 12.1 Å². The highest BCUT2D eigenvalue weighted by molar-refractivity contribution is 7.99. The number of aliphatic hydroxyl groups excluding tert-OH is 1. The van der Waals surface area contributed by atoms with Gasteiger partial charge in [-0.3, -0.25) is 14.6 Å². The highest BCUT2D eigenvalue weighted by Crippen LogP contribution is 2.63. The third kappa shape index (κ3) is 4.74. The van der Waals surface area contributed by atoms with Crippen LogP contribution in [0, 0.1) is 13.8 Å². The van der Waals surface area contributed by atoms with E-state index in [1.165, 1.54) is 32.9 Å². The number of phenols is 2. The van der Waals surface area contributed by atoms with Crippen molar-refractivity contribution in [3.05, 3.63) is 62.7 Å². The summed E-state index contributed by atoms with van der Waals surface area (Å²) < 4.78 is 36.0. The van der Waals surface area contributed by atoms with E-state index in [1.807, 2.05) is 36.8 Å². The third-order valence-electron chi connectivity index (χ3n) is 12.3. The van der Waals surface area contributed by atoms with Gasteiger partial charge in [-0.15, -0.1) is 11.8 Å². The summed E-state index contributed by atoms with van der Waals surface area (Å²) in [5.41, 5.74) is 4.39. The van der Waals surface area contributed by atoms with Crippen molar-refractivity contribution in [2.24, 2.45) is 0 Å². The molecule has 1 unspecified atom stereocenters. The maximum absolute atomic E-state index is 14.9. The number of esters is 2. The minimum atomic E-state index is -1.31. The van der Waals surface area contributed by atoms with Crippen molar-refractivity contribution < 1.29 is 53.3 Å². The predicted molar refractivity (Wildman–Crippen MR) is 195 cm³/mol. The van der Waals surface area contributed by atoms with Crippen molar-refractivity contribution in [2.45, 2.75) is 74.8 Å². The van der Waals surface area contributed by atoms with E-state index in [2.05, 4.69) is 5.32 Å². The molecule has 3 aromatic rings. The largest absolute Gasteiger partial charge is 0.504 e. The number of aryl methyl sites for hydroxylation is 1. The number of aliphatic hydroxyl groups is 1. The molecule has 10 rings (SSSR count). The van der Waals surface area contributed by atoms with Crippen LogP contribution in [0.2, 0.25) is 0 Å². The molecule has 0 aromatic heterocycles. The van der Waals surface area contributed by atoms with Crippen molar-refractivity contribution in [3.8, 4) is 40.2 Å². The average Bonchev–Trinajstić information content (AvgIpc) is 3.64. The lowest BCUT2D eigenvalue weighted by Gasteiger charge is -2.59. The van der Waals surface area contributed by atoms with E-state index in [0.717, 1.165) is 16.7 Å². The molecule has 15 heteroatoms. The van der Waals surface area contributed by atoms with Crippen LogP contribution >= 0.6 is 11.8 Å². The van der Waals surface area contributed by atoms with Crippen LogP contribution in [-0.4, -0.2) is 102 Å². The number of fused-ring (bicyclic) bond motifs is 9. The first-order valence-corrected chi connectivity index (χ1v) is 19.1. The fraction of sp³-hybridized carbons (Fsp3) is 0.487. The van der Waals surface area contributed by atoms with E-state index < -0.39 is 53.1 Å². The summed E-state index contributed by atoms with van der Waals surface area (Å²) >= 11 is 1.48. The Labute approximate surface area is 316 Å². The monoisotopic (exact) mass is 761 g/mol. The van der Waals surface area contributed by atoms with Crippen LogP contribution in [0.15, 0.2) is 18.2 Å². The number of nitrogens with zero attached hydrogens (tertiary/aromatic N) is 2. The predicted octanol–water partition coefficient (Wildman–Crippen LogP) is 3.41. The summed E-state index contributed by atoms with van der Waals surface area (Å²) in [5.74, 6) is 0.986. The topological polar surface area (TPSA) is 169 Å². The Morgan fingerprint density at radius 2 is 1.80 bits per heavy atom. The molecule has 0 radical (unpaired) electrons. The number of thioether (sulfide) groups is 1. The molecular formula is C39H43N3O11S. The number of piperazine rings is 1. The van der Waals surface area contributed by atoms with Crippen molar-refractivity contribution in [1.82, 2.24) is 15.1 Å². The fourth-order valence-electron chi connectivity index (χ4n) is 9.90. The zero-order valence-electron chi connectivity index (χ0n) is 30.8. The number of likely N-dealkylation sites (N-methyl/N-ethyl adjacent to an activating group) is 1. The average molecular weight is 762 g/mol. The molecule has 1 spiro atoms. The van der Waals surface area contributed by atoms with Gasteiger partial charge in [0.15, 0.2) is 40.0 Å². The molecule has 7 aliphatic heterocycles. The molecule has 7 aliphatic rings. The van der Waals surface area contributed by atoms with Crippen LogP contribution in [-0.2, 0) is 32.7 Å². The fourth-order valence-corrected chi connectivity index (χ4v) is 11.7. The standard InChI is InChI=1S/C39H43N3O11S/c1-16-9-20-10-22-37(46)42-23-13-50-38(47)39(21-12-25(48-5)24(44)11-19(21)7-8-41(39)4)14-54-36(30(42)29(40-22)26(20)31(45)32(16)49-6)28-27(23)35-34(51-15-52-35)17(2)33(28)53-18(3)43/h9,11-12,22-23,29-30,36-37,40,44-46H,7-8,10,13-15H2,1-6H3/t22-,23-,29-,30?,36-,37+,39-/m1/s1. The van der Waals surface area contributed by atoms with Crippen molar-refractivity contribution >= 4 is 23.7 Å². The third-order valence-corrected chi connectivity index (χ3v) is 13.7. The van der Waals surface area contributed by atoms with Crippen LogP contribution in [0.1, 0.15) is 68.8 Å². The molecule has 4 bridgehead atoms. The Kier molecular flexibility index (Phi) is 8.21. The summed E-state index contributed by atoms with van der Waals surface area (Å²) in [6.07, 6.45) is -0.0425. The molecule has 0 aliphatic carbocycles. The van der Waals surface area contributed by atoms with Crippen molar-refractivity contribution in [2.75, 3.05) is 47.0 Å². The molecule has 7 atom stereocenters. The lowest BCUT2D eigenvalue weighted by molar-refractivity contribution is -0.169. The molecule has 2 saturated heterocycles. The van der Waals surface area contributed by atoms with E-state index in [-0.39, 0.29) is 36.4 Å². The van der Waals surface area contributed by atoms with Gasteiger partial charge in [-0.2, -0.15) is 0 Å². The molecule has 4 N–H and O–H groups in total. The van der Waals surface area contributed by atoms with E-state index in [9.17, 15) is 24.9 Å². The van der Waals surface area contributed by atoms with Crippen molar-refractivity contribution in [3.63, 3.8) is 0 Å². The van der Waals surface area contributed by atoms with Crippen molar-refractivity contribution in [1.29, 1.82) is 0 Å². The molecule has 14 nitrogen and oxygen atoms in total. The van der Waals surface area contributed by atoms with E-state index in [4.69, 9.17) is 28.4 Å². The van der Waals surface area contributed by atoms with Crippen LogP contribution in [0.5, 0.6) is 40.2 Å². The number of benzene rings is 3. The Balaban J connectivity index is 1.32. The number of aromatic hydroxyl groups is 2. The Hall–Kier alpha value is -4.41. The molecule has 7 heterocycles. The highest BCUT2D eigenvalue weighted by Gasteiger charge is 2.60. The first kappa shape index (κ1) is 35.3. The van der Waals surface area contributed by atoms with Gasteiger partial charge in [0.1, 0.15) is 18.6 Å². The molecule has 3 aromatic carbocycles. The van der Waals surface area contributed by atoms with Gasteiger partial charge < -0.3 is 49.1 Å². The first-order chi connectivity index (χ1) is 25.9. The van der Waals surface area contributed by atoms with Gasteiger partial charge in [0.25, 0.3) is 0 Å². The number of carbonyl (C=O) groups is 2. The summed E-state index contributed by atoms with van der Waals surface area (Å²) in [7, 11) is 4.89. The second-order valence-electron chi connectivity index (χ2n) is 15.0. The van der Waals surface area contributed by atoms with Gasteiger partial charge in [0, 0.05) is 47.5 Å². The summed E-state index contributed by atoms with van der Waals surface area (Å²) in [4.78, 5) is 31.7. The van der Waals surface area contributed by atoms with E-state index in [0.29, 0.717) is 70.2 Å². The lowest BCUT2D eigenvalue weighted by Crippen LogP contribution is -2.69. The maximum Gasteiger partial charge on any atom is 0.332 e. The second kappa shape index (κ2) is 12.6. The highest BCUT2D eigenvalue weighted by atomic mass is 32.2. The number of hydrogen-bond donors (Lipinski definition) is 4. The molecule has 286 valence electrons. The van der Waals surface area contributed by atoms with Gasteiger partial charge in [-0.25, -0.2) is 4.79 Å².